The molecule has 0 aromatic carbocycles. The second kappa shape index (κ2) is 6.70. The van der Waals surface area contributed by atoms with Crippen LogP contribution in [-0.2, 0) is 4.74 Å². The SMILES string of the molecule is COC1CN(c2cc(C3=NCC4C=NC(c5cccnc5)=CC34)ccn2)C1. The fourth-order valence-corrected chi connectivity index (χ4v) is 3.85. The van der Waals surface area contributed by atoms with E-state index in [-0.39, 0.29) is 5.92 Å². The van der Waals surface area contributed by atoms with E-state index in [0.29, 0.717) is 12.0 Å². The van der Waals surface area contributed by atoms with Crippen molar-refractivity contribution in [2.45, 2.75) is 6.10 Å². The van der Waals surface area contributed by atoms with Gasteiger partial charge in [-0.2, -0.15) is 0 Å². The first kappa shape index (κ1) is 16.3. The Morgan fingerprint density at radius 2 is 2.07 bits per heavy atom. The highest BCUT2D eigenvalue weighted by atomic mass is 16.5. The molecule has 0 N–H and O–H groups in total. The molecule has 0 radical (unpaired) electrons. The molecule has 0 amide bonds. The highest BCUT2D eigenvalue weighted by molar-refractivity contribution is 6.08. The summed E-state index contributed by atoms with van der Waals surface area (Å²) < 4.78 is 5.37. The Kier molecular flexibility index (Phi) is 4.05. The monoisotopic (exact) mass is 359 g/mol. The van der Waals surface area contributed by atoms with Crippen molar-refractivity contribution in [3.63, 3.8) is 0 Å². The number of rotatable bonds is 4. The summed E-state index contributed by atoms with van der Waals surface area (Å²) in [6.07, 6.45) is 10.1. The number of ether oxygens (including phenoxy) is 1. The predicted molar refractivity (Wildman–Crippen MR) is 106 cm³/mol. The molecular weight excluding hydrogens is 338 g/mol. The lowest BCUT2D eigenvalue weighted by Gasteiger charge is -2.39. The molecule has 1 fully saturated rings. The number of anilines is 1. The van der Waals surface area contributed by atoms with E-state index in [0.717, 1.165) is 48.0 Å². The third-order valence-corrected chi connectivity index (χ3v) is 5.50. The number of methoxy groups -OCH3 is 1. The first-order chi connectivity index (χ1) is 13.3. The largest absolute Gasteiger partial charge is 0.378 e. The first-order valence-electron chi connectivity index (χ1n) is 9.27. The molecule has 5 heterocycles. The third kappa shape index (κ3) is 2.96. The van der Waals surface area contributed by atoms with Crippen LogP contribution in [0.2, 0.25) is 0 Å². The number of aliphatic imine (C=N–C) groups is 2. The van der Waals surface area contributed by atoms with Crippen LogP contribution >= 0.6 is 0 Å². The lowest BCUT2D eigenvalue weighted by atomic mass is 9.86. The van der Waals surface area contributed by atoms with E-state index in [1.54, 1.807) is 13.3 Å². The lowest BCUT2D eigenvalue weighted by Crippen LogP contribution is -2.52. The van der Waals surface area contributed by atoms with E-state index in [9.17, 15) is 0 Å². The average Bonchev–Trinajstić information content (AvgIpc) is 3.11. The van der Waals surface area contributed by atoms with Crippen molar-refractivity contribution >= 4 is 23.4 Å². The fourth-order valence-electron chi connectivity index (χ4n) is 3.85. The Hall–Kier alpha value is -2.86. The number of hydrogen-bond donors (Lipinski definition) is 0. The number of allylic oxidation sites excluding steroid dienone is 1. The quantitative estimate of drug-likeness (QED) is 0.841. The first-order valence-corrected chi connectivity index (χ1v) is 9.27. The second-order valence-corrected chi connectivity index (χ2v) is 7.15. The van der Waals surface area contributed by atoms with Gasteiger partial charge in [0.1, 0.15) is 5.82 Å². The standard InChI is InChI=1S/C21H21N5O/c1-27-17-12-26(13-17)20-7-14(4-6-23-20)21-18-8-19(15-3-2-5-22-9-15)24-10-16(18)11-25-21/h2-10,16-18H,11-13H2,1H3. The number of nitrogens with zero attached hydrogens (tertiary/aromatic N) is 5. The molecule has 6 heteroatoms. The van der Waals surface area contributed by atoms with Crippen molar-refractivity contribution in [1.82, 2.24) is 9.97 Å². The summed E-state index contributed by atoms with van der Waals surface area (Å²) in [5.74, 6) is 1.57. The zero-order chi connectivity index (χ0) is 18.2. The van der Waals surface area contributed by atoms with E-state index in [1.807, 2.05) is 30.7 Å². The van der Waals surface area contributed by atoms with Crippen molar-refractivity contribution in [2.75, 3.05) is 31.6 Å². The van der Waals surface area contributed by atoms with Gasteiger partial charge in [-0.25, -0.2) is 4.98 Å². The topological polar surface area (TPSA) is 63.0 Å². The van der Waals surface area contributed by atoms with E-state index in [2.05, 4.69) is 38.1 Å². The van der Waals surface area contributed by atoms with Crippen LogP contribution in [0.3, 0.4) is 0 Å². The van der Waals surface area contributed by atoms with Crippen LogP contribution in [0.15, 0.2) is 58.9 Å². The highest BCUT2D eigenvalue weighted by Gasteiger charge is 2.33. The van der Waals surface area contributed by atoms with E-state index in [4.69, 9.17) is 9.73 Å². The Bertz CT molecular complexity index is 931. The number of aromatic nitrogens is 2. The normalized spacial score (nSPS) is 24.3. The molecule has 1 saturated heterocycles. The van der Waals surface area contributed by atoms with Gasteiger partial charge in [0.15, 0.2) is 0 Å². The van der Waals surface area contributed by atoms with Crippen molar-refractivity contribution in [3.8, 4) is 0 Å². The van der Waals surface area contributed by atoms with Crippen LogP contribution in [0.1, 0.15) is 11.1 Å². The number of hydrogen-bond acceptors (Lipinski definition) is 6. The van der Waals surface area contributed by atoms with Crippen LogP contribution in [-0.4, -0.2) is 54.7 Å². The van der Waals surface area contributed by atoms with Crippen molar-refractivity contribution < 1.29 is 4.74 Å². The summed E-state index contributed by atoms with van der Waals surface area (Å²) in [6.45, 7) is 2.57. The van der Waals surface area contributed by atoms with Crippen molar-refractivity contribution in [2.24, 2.45) is 21.8 Å². The van der Waals surface area contributed by atoms with Gasteiger partial charge in [0.25, 0.3) is 0 Å². The van der Waals surface area contributed by atoms with E-state index < -0.39 is 0 Å². The maximum Gasteiger partial charge on any atom is 0.129 e. The molecule has 136 valence electrons. The van der Waals surface area contributed by atoms with Crippen LogP contribution in [0, 0.1) is 11.8 Å². The maximum atomic E-state index is 5.37. The minimum absolute atomic E-state index is 0.246. The van der Waals surface area contributed by atoms with Crippen LogP contribution in [0.25, 0.3) is 5.70 Å². The minimum atomic E-state index is 0.246. The maximum absolute atomic E-state index is 5.37. The average molecular weight is 359 g/mol. The summed E-state index contributed by atoms with van der Waals surface area (Å²) in [5, 5.41) is 0. The minimum Gasteiger partial charge on any atom is -0.378 e. The molecule has 0 bridgehead atoms. The summed E-state index contributed by atoms with van der Waals surface area (Å²) in [7, 11) is 1.76. The van der Waals surface area contributed by atoms with E-state index >= 15 is 0 Å². The molecule has 6 nitrogen and oxygen atoms in total. The van der Waals surface area contributed by atoms with Crippen LogP contribution < -0.4 is 4.90 Å². The fraction of sp³-hybridized carbons (Fsp3) is 0.333. The summed E-state index contributed by atoms with van der Waals surface area (Å²) >= 11 is 0. The summed E-state index contributed by atoms with van der Waals surface area (Å²) in [6, 6.07) is 8.19. The predicted octanol–water partition coefficient (Wildman–Crippen LogP) is 2.47. The van der Waals surface area contributed by atoms with Gasteiger partial charge >= 0.3 is 0 Å². The Labute approximate surface area is 158 Å². The summed E-state index contributed by atoms with van der Waals surface area (Å²) in [5.41, 5.74) is 4.28. The van der Waals surface area contributed by atoms with Crippen LogP contribution in [0.4, 0.5) is 5.82 Å². The van der Waals surface area contributed by atoms with Gasteiger partial charge in [-0.1, -0.05) is 0 Å². The molecule has 0 saturated carbocycles. The third-order valence-electron chi connectivity index (χ3n) is 5.50. The number of pyridine rings is 2. The molecule has 27 heavy (non-hydrogen) atoms. The smallest absolute Gasteiger partial charge is 0.129 e. The zero-order valence-electron chi connectivity index (χ0n) is 15.2. The van der Waals surface area contributed by atoms with Gasteiger partial charge in [0.05, 0.1) is 11.8 Å². The molecule has 3 aliphatic rings. The molecule has 2 aromatic heterocycles. The molecular formula is C21H21N5O. The molecule has 2 atom stereocenters. The van der Waals surface area contributed by atoms with E-state index in [1.165, 1.54) is 0 Å². The molecule has 0 aliphatic carbocycles. The molecule has 3 aliphatic heterocycles. The Morgan fingerprint density at radius 3 is 2.89 bits per heavy atom. The van der Waals surface area contributed by atoms with Gasteiger partial charge in [0.2, 0.25) is 0 Å². The summed E-state index contributed by atoms with van der Waals surface area (Å²) in [4.78, 5) is 20.5. The lowest BCUT2D eigenvalue weighted by molar-refractivity contribution is 0.0783. The van der Waals surface area contributed by atoms with Crippen molar-refractivity contribution in [3.05, 3.63) is 60.1 Å². The van der Waals surface area contributed by atoms with Gasteiger partial charge < -0.3 is 9.64 Å². The van der Waals surface area contributed by atoms with Gasteiger partial charge in [-0.05, 0) is 30.3 Å². The Morgan fingerprint density at radius 1 is 1.15 bits per heavy atom. The van der Waals surface area contributed by atoms with Crippen LogP contribution in [0.5, 0.6) is 0 Å². The van der Waals surface area contributed by atoms with Gasteiger partial charge in [-0.15, -0.1) is 0 Å². The second-order valence-electron chi connectivity index (χ2n) is 7.15. The number of fused-ring (bicyclic) bond motifs is 1. The molecule has 2 unspecified atom stereocenters. The molecule has 2 aromatic rings. The van der Waals surface area contributed by atoms with Crippen molar-refractivity contribution in [1.29, 1.82) is 0 Å². The molecule has 5 rings (SSSR count). The van der Waals surface area contributed by atoms with Gasteiger partial charge in [-0.3, -0.25) is 15.0 Å². The Balaban J connectivity index is 1.41. The zero-order valence-corrected chi connectivity index (χ0v) is 15.2. The highest BCUT2D eigenvalue weighted by Crippen LogP contribution is 2.33. The van der Waals surface area contributed by atoms with Gasteiger partial charge in [0, 0.05) is 80.2 Å². The molecule has 0 spiro atoms.